The molecule has 0 bridgehead atoms. The molecular weight excluding hydrogens is 256 g/mol. The average molecular weight is 273 g/mol. The topological polar surface area (TPSA) is 38.0 Å². The fourth-order valence-corrected chi connectivity index (χ4v) is 2.93. The summed E-state index contributed by atoms with van der Waals surface area (Å²) in [7, 11) is 0. The van der Waals surface area contributed by atoms with Crippen molar-refractivity contribution in [2.75, 3.05) is 11.1 Å². The Morgan fingerprint density at radius 1 is 1.11 bits per heavy atom. The molecule has 1 aliphatic carbocycles. The third-order valence-electron chi connectivity index (χ3n) is 3.70. The molecule has 3 N–H and O–H groups in total. The number of aryl methyl sites for hydroxylation is 1. The third-order valence-corrected chi connectivity index (χ3v) is 4.01. The van der Waals surface area contributed by atoms with E-state index in [0.717, 1.165) is 24.9 Å². The summed E-state index contributed by atoms with van der Waals surface area (Å²) in [6.45, 7) is 0. The fourth-order valence-electron chi connectivity index (χ4n) is 2.69. The van der Waals surface area contributed by atoms with Gasteiger partial charge in [-0.3, -0.25) is 0 Å². The van der Waals surface area contributed by atoms with E-state index in [1.807, 2.05) is 12.1 Å². The lowest BCUT2D eigenvalue weighted by Gasteiger charge is -2.26. The van der Waals surface area contributed by atoms with Gasteiger partial charge in [0.2, 0.25) is 0 Å². The van der Waals surface area contributed by atoms with Gasteiger partial charge >= 0.3 is 0 Å². The number of fused-ring (bicyclic) bond motifs is 1. The summed E-state index contributed by atoms with van der Waals surface area (Å²) in [6, 6.07) is 14.7. The predicted molar refractivity (Wildman–Crippen MR) is 81.7 cm³/mol. The van der Waals surface area contributed by atoms with Crippen molar-refractivity contribution in [3.63, 3.8) is 0 Å². The lowest BCUT2D eigenvalue weighted by Crippen LogP contribution is -2.27. The second kappa shape index (κ2) is 5.14. The molecule has 0 saturated carbocycles. The van der Waals surface area contributed by atoms with Crippen LogP contribution in [0.3, 0.4) is 0 Å². The van der Waals surface area contributed by atoms with Crippen molar-refractivity contribution in [1.82, 2.24) is 0 Å². The summed E-state index contributed by atoms with van der Waals surface area (Å²) >= 11 is 6.21. The number of benzene rings is 2. The summed E-state index contributed by atoms with van der Waals surface area (Å²) in [6.07, 6.45) is 3.31. The predicted octanol–water partition coefficient (Wildman–Crippen LogP) is 3.89. The van der Waals surface area contributed by atoms with Gasteiger partial charge < -0.3 is 11.1 Å². The van der Waals surface area contributed by atoms with Crippen LogP contribution in [0.1, 0.15) is 17.5 Å². The van der Waals surface area contributed by atoms with E-state index in [1.165, 1.54) is 11.1 Å². The number of hydrogen-bond donors (Lipinski definition) is 2. The monoisotopic (exact) mass is 272 g/mol. The maximum Gasteiger partial charge on any atom is 0.0658 e. The lowest BCUT2D eigenvalue weighted by atomic mass is 9.88. The summed E-state index contributed by atoms with van der Waals surface area (Å²) in [5.74, 6) is 0. The fraction of sp³-hybridized carbons (Fsp3) is 0.250. The Labute approximate surface area is 118 Å². The van der Waals surface area contributed by atoms with E-state index >= 15 is 0 Å². The molecule has 2 aromatic carbocycles. The molecule has 0 spiro atoms. The molecule has 0 heterocycles. The quantitative estimate of drug-likeness (QED) is 0.814. The van der Waals surface area contributed by atoms with Crippen molar-refractivity contribution in [2.24, 2.45) is 0 Å². The summed E-state index contributed by atoms with van der Waals surface area (Å²) in [4.78, 5) is 0. The first-order valence-corrected chi connectivity index (χ1v) is 6.98. The van der Waals surface area contributed by atoms with E-state index in [9.17, 15) is 0 Å². The number of halogens is 1. The number of nitrogens with one attached hydrogen (secondary N) is 1. The van der Waals surface area contributed by atoms with Crippen LogP contribution in [-0.4, -0.2) is 6.04 Å². The average Bonchev–Trinajstić information content (AvgIpc) is 2.42. The maximum atomic E-state index is 6.21. The van der Waals surface area contributed by atoms with Gasteiger partial charge in [0.15, 0.2) is 0 Å². The van der Waals surface area contributed by atoms with Crippen LogP contribution in [0, 0.1) is 0 Å². The summed E-state index contributed by atoms with van der Waals surface area (Å²) in [5.41, 5.74) is 10.3. The molecule has 3 rings (SSSR count). The van der Waals surface area contributed by atoms with Gasteiger partial charge in [-0.25, -0.2) is 0 Å². The van der Waals surface area contributed by atoms with Crippen molar-refractivity contribution in [3.8, 4) is 0 Å². The van der Waals surface area contributed by atoms with Crippen molar-refractivity contribution >= 4 is 23.0 Å². The van der Waals surface area contributed by atoms with E-state index in [-0.39, 0.29) is 0 Å². The SMILES string of the molecule is Nc1ccc(NC2CCc3ccccc3C2)c(Cl)c1. The minimum absolute atomic E-state index is 0.441. The van der Waals surface area contributed by atoms with E-state index in [0.29, 0.717) is 16.8 Å². The lowest BCUT2D eigenvalue weighted by molar-refractivity contribution is 0.611. The van der Waals surface area contributed by atoms with E-state index in [4.69, 9.17) is 17.3 Å². The molecule has 1 atom stereocenters. The standard InChI is InChI=1S/C16H17ClN2/c17-15-10-13(18)6-8-16(15)19-14-7-5-11-3-1-2-4-12(11)9-14/h1-4,6,8,10,14,19H,5,7,9,18H2. The molecule has 0 radical (unpaired) electrons. The van der Waals surface area contributed by atoms with Crippen LogP contribution in [-0.2, 0) is 12.8 Å². The zero-order valence-corrected chi connectivity index (χ0v) is 11.5. The minimum atomic E-state index is 0.441. The van der Waals surface area contributed by atoms with Gasteiger partial charge in [0, 0.05) is 11.7 Å². The Bertz CT molecular complexity index is 595. The van der Waals surface area contributed by atoms with Crippen LogP contribution >= 0.6 is 11.6 Å². The van der Waals surface area contributed by atoms with Gasteiger partial charge in [-0.15, -0.1) is 0 Å². The van der Waals surface area contributed by atoms with Crippen molar-refractivity contribution in [1.29, 1.82) is 0 Å². The van der Waals surface area contributed by atoms with Gasteiger partial charge in [-0.2, -0.15) is 0 Å². The number of hydrogen-bond acceptors (Lipinski definition) is 2. The zero-order chi connectivity index (χ0) is 13.2. The first-order valence-electron chi connectivity index (χ1n) is 6.61. The van der Waals surface area contributed by atoms with E-state index in [2.05, 4.69) is 29.6 Å². The highest BCUT2D eigenvalue weighted by Gasteiger charge is 2.18. The molecule has 0 aliphatic heterocycles. The number of rotatable bonds is 2. The molecular formula is C16H17ClN2. The smallest absolute Gasteiger partial charge is 0.0658 e. The minimum Gasteiger partial charge on any atom is -0.399 e. The number of anilines is 2. The molecule has 19 heavy (non-hydrogen) atoms. The van der Waals surface area contributed by atoms with Crippen LogP contribution < -0.4 is 11.1 Å². The van der Waals surface area contributed by atoms with Crippen LogP contribution in [0.2, 0.25) is 5.02 Å². The highest BCUT2D eigenvalue weighted by atomic mass is 35.5. The second-order valence-corrected chi connectivity index (χ2v) is 5.50. The van der Waals surface area contributed by atoms with Crippen molar-refractivity contribution in [3.05, 3.63) is 58.6 Å². The van der Waals surface area contributed by atoms with Crippen LogP contribution in [0.4, 0.5) is 11.4 Å². The second-order valence-electron chi connectivity index (χ2n) is 5.09. The van der Waals surface area contributed by atoms with Gasteiger partial charge in [0.05, 0.1) is 10.7 Å². The van der Waals surface area contributed by atoms with E-state index < -0.39 is 0 Å². The molecule has 0 amide bonds. The molecule has 1 aliphatic rings. The highest BCUT2D eigenvalue weighted by Crippen LogP contribution is 2.28. The Kier molecular flexibility index (Phi) is 3.34. The molecule has 0 aromatic heterocycles. The highest BCUT2D eigenvalue weighted by molar-refractivity contribution is 6.33. The molecule has 2 nitrogen and oxygen atoms in total. The summed E-state index contributed by atoms with van der Waals surface area (Å²) in [5, 5.41) is 4.22. The third kappa shape index (κ3) is 2.69. The Morgan fingerprint density at radius 2 is 1.89 bits per heavy atom. The maximum absolute atomic E-state index is 6.21. The number of nitrogen functional groups attached to an aromatic ring is 1. The largest absolute Gasteiger partial charge is 0.399 e. The van der Waals surface area contributed by atoms with Crippen LogP contribution in [0.25, 0.3) is 0 Å². The van der Waals surface area contributed by atoms with Gasteiger partial charge in [0.25, 0.3) is 0 Å². The summed E-state index contributed by atoms with van der Waals surface area (Å²) < 4.78 is 0. The van der Waals surface area contributed by atoms with Gasteiger partial charge in [-0.05, 0) is 48.6 Å². The Balaban J connectivity index is 1.75. The Morgan fingerprint density at radius 3 is 2.68 bits per heavy atom. The van der Waals surface area contributed by atoms with Crippen LogP contribution in [0.5, 0.6) is 0 Å². The molecule has 0 fully saturated rings. The van der Waals surface area contributed by atoms with Gasteiger partial charge in [0.1, 0.15) is 0 Å². The number of nitrogens with two attached hydrogens (primary N) is 1. The Hall–Kier alpha value is -1.67. The van der Waals surface area contributed by atoms with Crippen LogP contribution in [0.15, 0.2) is 42.5 Å². The molecule has 1 unspecified atom stereocenters. The molecule has 0 saturated heterocycles. The normalized spacial score (nSPS) is 17.8. The molecule has 98 valence electrons. The molecule has 2 aromatic rings. The van der Waals surface area contributed by atoms with E-state index in [1.54, 1.807) is 6.07 Å². The van der Waals surface area contributed by atoms with Crippen molar-refractivity contribution < 1.29 is 0 Å². The van der Waals surface area contributed by atoms with Gasteiger partial charge in [-0.1, -0.05) is 35.9 Å². The molecule has 3 heteroatoms. The first-order chi connectivity index (χ1) is 9.22. The zero-order valence-electron chi connectivity index (χ0n) is 10.7. The first kappa shape index (κ1) is 12.4. The van der Waals surface area contributed by atoms with Crippen molar-refractivity contribution in [2.45, 2.75) is 25.3 Å².